The summed E-state index contributed by atoms with van der Waals surface area (Å²) < 4.78 is 5.39. The van der Waals surface area contributed by atoms with Crippen LogP contribution in [0.3, 0.4) is 0 Å². The van der Waals surface area contributed by atoms with Gasteiger partial charge in [-0.2, -0.15) is 0 Å². The normalized spacial score (nSPS) is 18.4. The second kappa shape index (κ2) is 6.38. The van der Waals surface area contributed by atoms with Crippen molar-refractivity contribution in [1.29, 1.82) is 0 Å². The fourth-order valence-corrected chi connectivity index (χ4v) is 2.52. The molecule has 0 radical (unpaired) electrons. The van der Waals surface area contributed by atoms with Crippen LogP contribution in [0, 0.1) is 11.8 Å². The molecule has 0 saturated heterocycles. The molecule has 5 nitrogen and oxygen atoms in total. The van der Waals surface area contributed by atoms with Gasteiger partial charge in [0.1, 0.15) is 5.75 Å². The second-order valence-electron chi connectivity index (χ2n) is 6.10. The first-order valence-electron chi connectivity index (χ1n) is 7.90. The number of ether oxygens (including phenoxy) is 1. The summed E-state index contributed by atoms with van der Waals surface area (Å²) in [4.78, 5) is 24.0. The molecule has 2 aliphatic rings. The van der Waals surface area contributed by atoms with Gasteiger partial charge in [0.2, 0.25) is 11.8 Å². The van der Waals surface area contributed by atoms with Gasteiger partial charge in [0.05, 0.1) is 13.2 Å². The Bertz CT molecular complexity index is 565. The molecule has 1 atom stereocenters. The molecule has 0 spiro atoms. The first-order valence-corrected chi connectivity index (χ1v) is 7.90. The number of amides is 2. The maximum Gasteiger partial charge on any atom is 0.223 e. The van der Waals surface area contributed by atoms with Crippen LogP contribution in [-0.2, 0) is 9.59 Å². The Morgan fingerprint density at radius 3 is 2.41 bits per heavy atom. The van der Waals surface area contributed by atoms with Crippen molar-refractivity contribution in [3.8, 4) is 5.75 Å². The molecule has 118 valence electrons. The van der Waals surface area contributed by atoms with E-state index in [-0.39, 0.29) is 29.7 Å². The maximum absolute atomic E-state index is 12.1. The van der Waals surface area contributed by atoms with Gasteiger partial charge >= 0.3 is 0 Å². The van der Waals surface area contributed by atoms with Crippen LogP contribution in [0.15, 0.2) is 24.3 Å². The number of nitrogens with one attached hydrogen (secondary N) is 2. The Balaban J connectivity index is 1.71. The van der Waals surface area contributed by atoms with Crippen LogP contribution < -0.4 is 15.4 Å². The predicted molar refractivity (Wildman–Crippen MR) is 82.3 cm³/mol. The highest BCUT2D eigenvalue weighted by Crippen LogP contribution is 2.32. The lowest BCUT2D eigenvalue weighted by molar-refractivity contribution is -0.124. The first kappa shape index (κ1) is 14.9. The molecule has 2 aliphatic carbocycles. The molecule has 0 heterocycles. The molecule has 0 aromatic heterocycles. The van der Waals surface area contributed by atoms with Crippen molar-refractivity contribution in [1.82, 2.24) is 10.6 Å². The number of carbonyl (C=O) groups excluding carboxylic acids is 2. The van der Waals surface area contributed by atoms with Crippen molar-refractivity contribution < 1.29 is 14.3 Å². The van der Waals surface area contributed by atoms with E-state index in [4.69, 9.17) is 4.74 Å². The summed E-state index contributed by atoms with van der Waals surface area (Å²) in [6, 6.07) is 7.35. The number of rotatable bonds is 7. The highest BCUT2D eigenvalue weighted by Gasteiger charge is 2.33. The summed E-state index contributed by atoms with van der Waals surface area (Å²) >= 11 is 0. The molecule has 0 bridgehead atoms. The van der Waals surface area contributed by atoms with Gasteiger partial charge in [0, 0.05) is 23.9 Å². The lowest BCUT2D eigenvalue weighted by atomic mass is 10.0. The predicted octanol–water partition coefficient (Wildman–Crippen LogP) is 1.79. The topological polar surface area (TPSA) is 67.4 Å². The maximum atomic E-state index is 12.1. The molecule has 1 aromatic rings. The number of benzene rings is 1. The smallest absolute Gasteiger partial charge is 0.223 e. The van der Waals surface area contributed by atoms with Crippen molar-refractivity contribution in [2.24, 2.45) is 11.8 Å². The molecule has 0 unspecified atom stereocenters. The van der Waals surface area contributed by atoms with E-state index >= 15 is 0 Å². The highest BCUT2D eigenvalue weighted by molar-refractivity contribution is 5.82. The Morgan fingerprint density at radius 2 is 1.77 bits per heavy atom. The number of hydrogen-bond acceptors (Lipinski definition) is 3. The van der Waals surface area contributed by atoms with Crippen molar-refractivity contribution in [3.05, 3.63) is 29.8 Å². The van der Waals surface area contributed by atoms with Gasteiger partial charge in [0.15, 0.2) is 0 Å². The summed E-state index contributed by atoms with van der Waals surface area (Å²) in [6.45, 7) is 0.397. The zero-order valence-corrected chi connectivity index (χ0v) is 12.8. The molecule has 2 fully saturated rings. The SMILES string of the molecule is COc1ccccc1[C@@H](CNC(=O)C1CC1)NC(=O)C1CC1. The van der Waals surface area contributed by atoms with Gasteiger partial charge in [-0.25, -0.2) is 0 Å². The third-order valence-corrected chi connectivity index (χ3v) is 4.21. The van der Waals surface area contributed by atoms with Gasteiger partial charge in [0.25, 0.3) is 0 Å². The molecular weight excluding hydrogens is 280 g/mol. The fraction of sp³-hybridized carbons (Fsp3) is 0.529. The van der Waals surface area contributed by atoms with E-state index in [0.717, 1.165) is 37.0 Å². The van der Waals surface area contributed by atoms with Crippen molar-refractivity contribution >= 4 is 11.8 Å². The Morgan fingerprint density at radius 1 is 1.14 bits per heavy atom. The van der Waals surface area contributed by atoms with Crippen LogP contribution in [-0.4, -0.2) is 25.5 Å². The highest BCUT2D eigenvalue weighted by atomic mass is 16.5. The lowest BCUT2D eigenvalue weighted by Gasteiger charge is -2.22. The summed E-state index contributed by atoms with van der Waals surface area (Å²) in [7, 11) is 1.61. The largest absolute Gasteiger partial charge is 0.496 e. The van der Waals surface area contributed by atoms with E-state index in [1.165, 1.54) is 0 Å². The van der Waals surface area contributed by atoms with Gasteiger partial charge < -0.3 is 15.4 Å². The van der Waals surface area contributed by atoms with Crippen LogP contribution in [0.2, 0.25) is 0 Å². The summed E-state index contributed by atoms with van der Waals surface area (Å²) in [5, 5.41) is 6.00. The Kier molecular flexibility index (Phi) is 4.32. The molecule has 2 saturated carbocycles. The molecule has 5 heteroatoms. The van der Waals surface area contributed by atoms with Gasteiger partial charge in [-0.3, -0.25) is 9.59 Å². The van der Waals surface area contributed by atoms with Gasteiger partial charge in [-0.15, -0.1) is 0 Å². The van der Waals surface area contributed by atoms with Crippen LogP contribution in [0.25, 0.3) is 0 Å². The summed E-state index contributed by atoms with van der Waals surface area (Å²) in [5.41, 5.74) is 0.898. The number of para-hydroxylation sites is 1. The summed E-state index contributed by atoms with van der Waals surface area (Å²) in [6.07, 6.45) is 3.86. The molecule has 1 aromatic carbocycles. The number of carbonyl (C=O) groups is 2. The third-order valence-electron chi connectivity index (χ3n) is 4.21. The minimum Gasteiger partial charge on any atom is -0.496 e. The second-order valence-corrected chi connectivity index (χ2v) is 6.10. The minimum absolute atomic E-state index is 0.0663. The molecular formula is C17H22N2O3. The molecule has 2 N–H and O–H groups in total. The van der Waals surface area contributed by atoms with E-state index in [2.05, 4.69) is 10.6 Å². The van der Waals surface area contributed by atoms with E-state index < -0.39 is 0 Å². The fourth-order valence-electron chi connectivity index (χ4n) is 2.52. The minimum atomic E-state index is -0.257. The average molecular weight is 302 g/mol. The average Bonchev–Trinajstić information content (AvgIpc) is 3.42. The lowest BCUT2D eigenvalue weighted by Crippen LogP contribution is -2.39. The van der Waals surface area contributed by atoms with Crippen LogP contribution in [0.4, 0.5) is 0 Å². The van der Waals surface area contributed by atoms with E-state index in [9.17, 15) is 9.59 Å². The number of methoxy groups -OCH3 is 1. The zero-order chi connectivity index (χ0) is 15.5. The molecule has 0 aliphatic heterocycles. The molecule has 3 rings (SSSR count). The standard InChI is InChI=1S/C17H22N2O3/c1-22-15-5-3-2-4-13(15)14(19-17(21)12-8-9-12)10-18-16(20)11-6-7-11/h2-5,11-12,14H,6-10H2,1H3,(H,18,20)(H,19,21)/t14-/m1/s1. The van der Waals surface area contributed by atoms with Crippen LogP contribution >= 0.6 is 0 Å². The van der Waals surface area contributed by atoms with Crippen molar-refractivity contribution in [2.45, 2.75) is 31.7 Å². The van der Waals surface area contributed by atoms with Crippen molar-refractivity contribution in [3.63, 3.8) is 0 Å². The molecule has 22 heavy (non-hydrogen) atoms. The Hall–Kier alpha value is -2.04. The van der Waals surface area contributed by atoms with E-state index in [1.54, 1.807) is 7.11 Å². The van der Waals surface area contributed by atoms with Gasteiger partial charge in [-0.1, -0.05) is 18.2 Å². The summed E-state index contributed by atoms with van der Waals surface area (Å²) in [5.74, 6) is 1.18. The van der Waals surface area contributed by atoms with Crippen LogP contribution in [0.5, 0.6) is 5.75 Å². The molecule has 2 amide bonds. The van der Waals surface area contributed by atoms with Gasteiger partial charge in [-0.05, 0) is 31.7 Å². The number of hydrogen-bond donors (Lipinski definition) is 2. The quantitative estimate of drug-likeness (QED) is 0.807. The zero-order valence-electron chi connectivity index (χ0n) is 12.8. The third kappa shape index (κ3) is 3.59. The van der Waals surface area contributed by atoms with E-state index in [0.29, 0.717) is 6.54 Å². The first-order chi connectivity index (χ1) is 10.7. The van der Waals surface area contributed by atoms with E-state index in [1.807, 2.05) is 24.3 Å². The van der Waals surface area contributed by atoms with Crippen LogP contribution in [0.1, 0.15) is 37.3 Å². The monoisotopic (exact) mass is 302 g/mol. The van der Waals surface area contributed by atoms with Crippen molar-refractivity contribution in [2.75, 3.05) is 13.7 Å². The Labute approximate surface area is 130 Å².